The third-order valence-electron chi connectivity index (χ3n) is 3.42. The fourth-order valence-electron chi connectivity index (χ4n) is 2.16. The minimum Gasteiger partial charge on any atom is -0.451 e. The van der Waals surface area contributed by atoms with Crippen LogP contribution in [0.4, 0.5) is 5.69 Å². The van der Waals surface area contributed by atoms with Crippen LogP contribution in [0.5, 0.6) is 0 Å². The van der Waals surface area contributed by atoms with Crippen molar-refractivity contribution in [1.29, 1.82) is 0 Å². The van der Waals surface area contributed by atoms with Gasteiger partial charge in [-0.25, -0.2) is 9.78 Å². The summed E-state index contributed by atoms with van der Waals surface area (Å²) in [6.45, 7) is 1.42. The van der Waals surface area contributed by atoms with Gasteiger partial charge >= 0.3 is 5.97 Å². The van der Waals surface area contributed by atoms with Crippen molar-refractivity contribution in [2.45, 2.75) is 11.8 Å². The first-order valence-electron chi connectivity index (χ1n) is 7.69. The van der Waals surface area contributed by atoms with Crippen molar-refractivity contribution >= 4 is 52.0 Å². The van der Waals surface area contributed by atoms with E-state index in [1.165, 1.54) is 11.3 Å². The van der Waals surface area contributed by atoms with Crippen LogP contribution >= 0.6 is 34.4 Å². The summed E-state index contributed by atoms with van der Waals surface area (Å²) in [7, 11) is 0. The number of thioether (sulfide) groups is 1. The zero-order valence-electron chi connectivity index (χ0n) is 14.1. The van der Waals surface area contributed by atoms with Gasteiger partial charge in [-0.2, -0.15) is 0 Å². The Kier molecular flexibility index (Phi) is 6.08. The molecule has 5 nitrogen and oxygen atoms in total. The molecule has 0 aliphatic carbocycles. The molecule has 1 aromatic carbocycles. The van der Waals surface area contributed by atoms with Gasteiger partial charge in [-0.15, -0.1) is 34.4 Å². The lowest BCUT2D eigenvalue weighted by atomic mass is 10.3. The molecular formula is C18H16N2O3S3. The summed E-state index contributed by atoms with van der Waals surface area (Å²) in [6, 6.07) is 11.3. The number of rotatable bonds is 6. The van der Waals surface area contributed by atoms with Gasteiger partial charge in [0.1, 0.15) is 9.88 Å². The topological polar surface area (TPSA) is 68.3 Å². The number of amides is 1. The number of esters is 1. The highest BCUT2D eigenvalue weighted by Crippen LogP contribution is 2.31. The SMILES string of the molecule is CSc1ccc(NC(=O)COC(=O)c2sc(-c3cccs3)nc2C)cc1. The van der Waals surface area contributed by atoms with Gasteiger partial charge in [0.25, 0.3) is 5.91 Å². The van der Waals surface area contributed by atoms with Crippen LogP contribution in [0.1, 0.15) is 15.4 Å². The smallest absolute Gasteiger partial charge is 0.350 e. The minimum atomic E-state index is -0.532. The van der Waals surface area contributed by atoms with Crippen molar-refractivity contribution in [2.75, 3.05) is 18.2 Å². The molecule has 0 aliphatic rings. The number of nitrogens with zero attached hydrogens (tertiary/aromatic N) is 1. The number of hydrogen-bond acceptors (Lipinski definition) is 7. The largest absolute Gasteiger partial charge is 0.451 e. The Morgan fingerprint density at radius 2 is 2.00 bits per heavy atom. The molecule has 0 saturated carbocycles. The predicted molar refractivity (Wildman–Crippen MR) is 107 cm³/mol. The lowest BCUT2D eigenvalue weighted by molar-refractivity contribution is -0.119. The first kappa shape index (κ1) is 18.6. The Bertz CT molecular complexity index is 902. The second-order valence-corrected chi connectivity index (χ2v) is 8.09. The number of aryl methyl sites for hydroxylation is 1. The summed E-state index contributed by atoms with van der Waals surface area (Å²) in [5.41, 5.74) is 1.27. The van der Waals surface area contributed by atoms with E-state index in [4.69, 9.17) is 4.74 Å². The molecule has 1 N–H and O–H groups in total. The van der Waals surface area contributed by atoms with Crippen LogP contribution in [0.25, 0.3) is 9.88 Å². The van der Waals surface area contributed by atoms with Crippen molar-refractivity contribution in [3.05, 3.63) is 52.3 Å². The van der Waals surface area contributed by atoms with Crippen molar-refractivity contribution in [3.63, 3.8) is 0 Å². The fourth-order valence-corrected chi connectivity index (χ4v) is 4.32. The Labute approximate surface area is 163 Å². The fraction of sp³-hybridized carbons (Fsp3) is 0.167. The lowest BCUT2D eigenvalue weighted by Crippen LogP contribution is -2.20. The molecule has 3 rings (SSSR count). The Morgan fingerprint density at radius 3 is 2.65 bits per heavy atom. The molecule has 134 valence electrons. The van der Waals surface area contributed by atoms with Gasteiger partial charge in [-0.3, -0.25) is 4.79 Å². The highest BCUT2D eigenvalue weighted by Gasteiger charge is 2.19. The first-order chi connectivity index (χ1) is 12.6. The Morgan fingerprint density at radius 1 is 1.23 bits per heavy atom. The average molecular weight is 405 g/mol. The van der Waals surface area contributed by atoms with Gasteiger partial charge in [0.2, 0.25) is 0 Å². The molecule has 0 saturated heterocycles. The maximum absolute atomic E-state index is 12.3. The van der Waals surface area contributed by atoms with Crippen LogP contribution in [0, 0.1) is 6.92 Å². The van der Waals surface area contributed by atoms with Gasteiger partial charge in [0.15, 0.2) is 6.61 Å². The monoisotopic (exact) mass is 404 g/mol. The van der Waals surface area contributed by atoms with E-state index in [0.29, 0.717) is 16.3 Å². The molecular weight excluding hydrogens is 388 g/mol. The zero-order valence-corrected chi connectivity index (χ0v) is 16.6. The molecule has 1 amide bonds. The van der Waals surface area contributed by atoms with Crippen LogP contribution in [-0.4, -0.2) is 29.7 Å². The van der Waals surface area contributed by atoms with E-state index < -0.39 is 5.97 Å². The van der Waals surface area contributed by atoms with Gasteiger partial charge in [-0.1, -0.05) is 6.07 Å². The summed E-state index contributed by atoms with van der Waals surface area (Å²) >= 11 is 4.46. The highest BCUT2D eigenvalue weighted by atomic mass is 32.2. The van der Waals surface area contributed by atoms with Crippen LogP contribution < -0.4 is 5.32 Å². The summed E-state index contributed by atoms with van der Waals surface area (Å²) in [5.74, 6) is -0.911. The number of benzene rings is 1. The summed E-state index contributed by atoms with van der Waals surface area (Å²) in [4.78, 5) is 31.2. The van der Waals surface area contributed by atoms with Crippen LogP contribution in [0.15, 0.2) is 46.7 Å². The van der Waals surface area contributed by atoms with E-state index in [2.05, 4.69) is 10.3 Å². The van der Waals surface area contributed by atoms with E-state index in [-0.39, 0.29) is 12.5 Å². The highest BCUT2D eigenvalue weighted by molar-refractivity contribution is 7.98. The molecule has 8 heteroatoms. The number of carbonyl (C=O) groups is 2. The maximum atomic E-state index is 12.3. The number of carbonyl (C=O) groups excluding carboxylic acids is 2. The molecule has 26 heavy (non-hydrogen) atoms. The number of nitrogens with one attached hydrogen (secondary N) is 1. The molecule has 0 aliphatic heterocycles. The molecule has 2 aromatic heterocycles. The standard InChI is InChI=1S/C18H16N2O3S3/c1-11-16(26-17(19-11)14-4-3-9-25-14)18(22)23-10-15(21)20-12-5-7-13(24-2)8-6-12/h3-9H,10H2,1-2H3,(H,20,21). The average Bonchev–Trinajstić information content (AvgIpc) is 3.30. The second kappa shape index (κ2) is 8.48. The second-order valence-electron chi connectivity index (χ2n) is 5.26. The summed E-state index contributed by atoms with van der Waals surface area (Å²) in [5, 5.41) is 5.45. The molecule has 0 fully saturated rings. The van der Waals surface area contributed by atoms with Crippen LogP contribution in [-0.2, 0) is 9.53 Å². The van der Waals surface area contributed by atoms with Gasteiger partial charge in [0, 0.05) is 10.6 Å². The van der Waals surface area contributed by atoms with Crippen LogP contribution in [0.2, 0.25) is 0 Å². The summed E-state index contributed by atoms with van der Waals surface area (Å²) < 4.78 is 5.14. The Hall–Kier alpha value is -2.16. The van der Waals surface area contributed by atoms with E-state index in [0.717, 1.165) is 14.8 Å². The number of thiazole rings is 1. The van der Waals surface area contributed by atoms with E-state index in [1.807, 2.05) is 48.0 Å². The number of hydrogen-bond donors (Lipinski definition) is 1. The normalized spacial score (nSPS) is 10.5. The van der Waals surface area contributed by atoms with Gasteiger partial charge in [0.05, 0.1) is 10.6 Å². The molecule has 0 unspecified atom stereocenters. The van der Waals surface area contributed by atoms with Crippen molar-refractivity contribution in [3.8, 4) is 9.88 Å². The summed E-state index contributed by atoms with van der Waals surface area (Å²) in [6.07, 6.45) is 1.98. The number of aromatic nitrogens is 1. The van der Waals surface area contributed by atoms with Crippen molar-refractivity contribution in [1.82, 2.24) is 4.98 Å². The van der Waals surface area contributed by atoms with E-state index >= 15 is 0 Å². The third kappa shape index (κ3) is 4.51. The molecule has 0 radical (unpaired) electrons. The van der Waals surface area contributed by atoms with E-state index in [9.17, 15) is 9.59 Å². The third-order valence-corrected chi connectivity index (χ3v) is 6.34. The molecule has 0 bridgehead atoms. The Balaban J connectivity index is 1.57. The molecule has 0 atom stereocenters. The molecule has 3 aromatic rings. The number of ether oxygens (including phenoxy) is 1. The number of thiophene rings is 1. The van der Waals surface area contributed by atoms with Gasteiger partial charge < -0.3 is 10.1 Å². The zero-order chi connectivity index (χ0) is 18.5. The lowest BCUT2D eigenvalue weighted by Gasteiger charge is -2.06. The van der Waals surface area contributed by atoms with E-state index in [1.54, 1.807) is 30.0 Å². The quantitative estimate of drug-likeness (QED) is 0.476. The van der Waals surface area contributed by atoms with Crippen molar-refractivity contribution in [2.24, 2.45) is 0 Å². The first-order valence-corrected chi connectivity index (χ1v) is 10.6. The minimum absolute atomic E-state index is 0.339. The van der Waals surface area contributed by atoms with Gasteiger partial charge in [-0.05, 0) is 48.9 Å². The maximum Gasteiger partial charge on any atom is 0.350 e. The van der Waals surface area contributed by atoms with Crippen LogP contribution in [0.3, 0.4) is 0 Å². The molecule has 2 heterocycles. The molecule has 0 spiro atoms. The predicted octanol–water partition coefficient (Wildman–Crippen LogP) is 4.70. The number of anilines is 1. The van der Waals surface area contributed by atoms with Crippen molar-refractivity contribution < 1.29 is 14.3 Å².